The molecule has 1 unspecified atom stereocenters. The Morgan fingerprint density at radius 3 is 2.60 bits per heavy atom. The van der Waals surface area contributed by atoms with Crippen molar-refractivity contribution in [2.75, 3.05) is 4.90 Å². The average Bonchev–Trinajstić information content (AvgIpc) is 2.60. The van der Waals surface area contributed by atoms with Crippen molar-refractivity contribution in [2.24, 2.45) is 0 Å². The summed E-state index contributed by atoms with van der Waals surface area (Å²) in [5.41, 5.74) is 0.375. The number of carboxylic acid groups (broad SMARTS) is 1. The number of anilines is 1. The van der Waals surface area contributed by atoms with E-state index in [1.165, 1.54) is 17.0 Å². The molecule has 25 heavy (non-hydrogen) atoms. The standard InChI is InChI=1S/C18H16N2O5/c1-11-9-10-12-5-2-3-7-14(12)19(11)17(21)13-6-4-8-15(20(24)25)16(13)18(22)23/h2-8,11H,9-10H2,1H3,(H,22,23). The van der Waals surface area contributed by atoms with Crippen LogP contribution in [0.25, 0.3) is 0 Å². The van der Waals surface area contributed by atoms with Gasteiger partial charge in [-0.15, -0.1) is 0 Å². The zero-order chi connectivity index (χ0) is 18.1. The van der Waals surface area contributed by atoms with E-state index in [4.69, 9.17) is 0 Å². The molecule has 0 spiro atoms. The predicted octanol–water partition coefficient (Wildman–Crippen LogP) is 3.27. The largest absolute Gasteiger partial charge is 0.477 e. The summed E-state index contributed by atoms with van der Waals surface area (Å²) >= 11 is 0. The normalized spacial score (nSPS) is 16.2. The second-order valence-electron chi connectivity index (χ2n) is 5.95. The number of carbonyl (C=O) groups excluding carboxylic acids is 1. The van der Waals surface area contributed by atoms with Crippen LogP contribution in [0.2, 0.25) is 0 Å². The van der Waals surface area contributed by atoms with Crippen LogP contribution in [0.1, 0.15) is 39.6 Å². The van der Waals surface area contributed by atoms with Crippen LogP contribution in [-0.4, -0.2) is 27.9 Å². The fourth-order valence-electron chi connectivity index (χ4n) is 3.22. The molecule has 128 valence electrons. The lowest BCUT2D eigenvalue weighted by Gasteiger charge is -2.35. The molecule has 2 aromatic rings. The second-order valence-corrected chi connectivity index (χ2v) is 5.95. The lowest BCUT2D eigenvalue weighted by Crippen LogP contribution is -2.42. The summed E-state index contributed by atoms with van der Waals surface area (Å²) in [5, 5.41) is 20.6. The van der Waals surface area contributed by atoms with E-state index >= 15 is 0 Å². The van der Waals surface area contributed by atoms with Gasteiger partial charge in [0.1, 0.15) is 5.56 Å². The Hall–Kier alpha value is -3.22. The summed E-state index contributed by atoms with van der Waals surface area (Å²) < 4.78 is 0. The van der Waals surface area contributed by atoms with Crippen molar-refractivity contribution in [3.05, 3.63) is 69.3 Å². The Kier molecular flexibility index (Phi) is 4.22. The number of hydrogen-bond donors (Lipinski definition) is 1. The molecule has 1 atom stereocenters. The fraction of sp³-hybridized carbons (Fsp3) is 0.222. The van der Waals surface area contributed by atoms with E-state index in [2.05, 4.69) is 0 Å². The van der Waals surface area contributed by atoms with Crippen LogP contribution in [-0.2, 0) is 6.42 Å². The minimum absolute atomic E-state index is 0.136. The predicted molar refractivity (Wildman–Crippen MR) is 91.1 cm³/mol. The molecule has 2 aromatic carbocycles. The molecular weight excluding hydrogens is 324 g/mol. The van der Waals surface area contributed by atoms with Crippen LogP contribution in [0.5, 0.6) is 0 Å². The number of fused-ring (bicyclic) bond motifs is 1. The maximum atomic E-state index is 13.1. The SMILES string of the molecule is CC1CCc2ccccc2N1C(=O)c1cccc([N+](=O)[O-])c1C(=O)O. The van der Waals surface area contributed by atoms with Gasteiger partial charge in [-0.2, -0.15) is 0 Å². The summed E-state index contributed by atoms with van der Waals surface area (Å²) in [6.07, 6.45) is 1.56. The Morgan fingerprint density at radius 2 is 1.92 bits per heavy atom. The van der Waals surface area contributed by atoms with Crippen molar-refractivity contribution in [1.82, 2.24) is 0 Å². The molecular formula is C18H16N2O5. The Balaban J connectivity index is 2.15. The highest BCUT2D eigenvalue weighted by atomic mass is 16.6. The highest BCUT2D eigenvalue weighted by Crippen LogP contribution is 2.33. The Morgan fingerprint density at radius 1 is 1.20 bits per heavy atom. The number of nitro groups is 1. The van der Waals surface area contributed by atoms with Gasteiger partial charge in [-0.25, -0.2) is 4.79 Å². The summed E-state index contributed by atoms with van der Waals surface area (Å²) in [7, 11) is 0. The van der Waals surface area contributed by atoms with Crippen LogP contribution < -0.4 is 4.90 Å². The van der Waals surface area contributed by atoms with Gasteiger partial charge in [0.2, 0.25) is 0 Å². The molecule has 1 aliphatic rings. The fourth-order valence-corrected chi connectivity index (χ4v) is 3.22. The Bertz CT molecular complexity index is 878. The van der Waals surface area contributed by atoms with Crippen LogP contribution in [0, 0.1) is 10.1 Å². The number of carboxylic acids is 1. The molecule has 1 heterocycles. The molecule has 0 aromatic heterocycles. The first kappa shape index (κ1) is 16.6. The quantitative estimate of drug-likeness (QED) is 0.682. The van der Waals surface area contributed by atoms with E-state index in [0.29, 0.717) is 5.69 Å². The van der Waals surface area contributed by atoms with Crippen LogP contribution in [0.4, 0.5) is 11.4 Å². The average molecular weight is 340 g/mol. The molecule has 0 aliphatic carbocycles. The highest BCUT2D eigenvalue weighted by molar-refractivity contribution is 6.14. The van der Waals surface area contributed by atoms with Gasteiger partial charge in [0.05, 0.1) is 10.5 Å². The maximum absolute atomic E-state index is 13.1. The first-order chi connectivity index (χ1) is 11.9. The van der Waals surface area contributed by atoms with Crippen LogP contribution in [0.3, 0.4) is 0 Å². The molecule has 1 N–H and O–H groups in total. The number of aryl methyl sites for hydroxylation is 1. The first-order valence-electron chi connectivity index (χ1n) is 7.84. The smallest absolute Gasteiger partial charge is 0.343 e. The van der Waals surface area contributed by atoms with Crippen LogP contribution in [0.15, 0.2) is 42.5 Å². The van der Waals surface area contributed by atoms with Gasteiger partial charge in [-0.3, -0.25) is 14.9 Å². The van der Waals surface area contributed by atoms with Crippen LogP contribution >= 0.6 is 0 Å². The first-order valence-corrected chi connectivity index (χ1v) is 7.84. The number of benzene rings is 2. The number of para-hydroxylation sites is 1. The molecule has 0 radical (unpaired) electrons. The summed E-state index contributed by atoms with van der Waals surface area (Å²) in [6, 6.07) is 11.0. The number of aromatic carboxylic acids is 1. The van der Waals surface area contributed by atoms with E-state index in [9.17, 15) is 24.8 Å². The number of rotatable bonds is 3. The third-order valence-electron chi connectivity index (χ3n) is 4.43. The van der Waals surface area contributed by atoms with Crippen molar-refractivity contribution in [2.45, 2.75) is 25.8 Å². The van der Waals surface area contributed by atoms with E-state index in [0.717, 1.165) is 24.5 Å². The molecule has 0 saturated carbocycles. The third kappa shape index (κ3) is 2.84. The second kappa shape index (κ2) is 6.35. The molecule has 7 heteroatoms. The number of nitro benzene ring substituents is 1. The molecule has 1 amide bonds. The minimum atomic E-state index is -1.49. The van der Waals surface area contributed by atoms with Gasteiger partial charge >= 0.3 is 5.97 Å². The molecule has 0 saturated heterocycles. The molecule has 0 fully saturated rings. The topological polar surface area (TPSA) is 101 Å². The van der Waals surface area contributed by atoms with Crippen molar-refractivity contribution in [3.8, 4) is 0 Å². The number of amides is 1. The zero-order valence-electron chi connectivity index (χ0n) is 13.5. The van der Waals surface area contributed by atoms with Crippen molar-refractivity contribution >= 4 is 23.3 Å². The summed E-state index contributed by atoms with van der Waals surface area (Å²) in [4.78, 5) is 36.6. The molecule has 1 aliphatic heterocycles. The van der Waals surface area contributed by atoms with Gasteiger partial charge < -0.3 is 10.0 Å². The molecule has 3 rings (SSSR count). The maximum Gasteiger partial charge on any atom is 0.343 e. The van der Waals surface area contributed by atoms with Gasteiger partial charge in [0, 0.05) is 17.8 Å². The minimum Gasteiger partial charge on any atom is -0.477 e. The summed E-state index contributed by atoms with van der Waals surface area (Å²) in [5.74, 6) is -2.03. The number of hydrogen-bond acceptors (Lipinski definition) is 4. The van der Waals surface area contributed by atoms with Crippen molar-refractivity contribution in [1.29, 1.82) is 0 Å². The zero-order valence-corrected chi connectivity index (χ0v) is 13.5. The molecule has 0 bridgehead atoms. The summed E-state index contributed by atoms with van der Waals surface area (Å²) in [6.45, 7) is 1.88. The highest BCUT2D eigenvalue weighted by Gasteiger charge is 2.34. The molecule has 7 nitrogen and oxygen atoms in total. The van der Waals surface area contributed by atoms with Crippen molar-refractivity contribution < 1.29 is 19.6 Å². The van der Waals surface area contributed by atoms with Gasteiger partial charge in [-0.05, 0) is 37.5 Å². The monoisotopic (exact) mass is 340 g/mol. The third-order valence-corrected chi connectivity index (χ3v) is 4.43. The number of nitrogens with zero attached hydrogens (tertiary/aromatic N) is 2. The van der Waals surface area contributed by atoms with E-state index in [1.807, 2.05) is 25.1 Å². The lowest BCUT2D eigenvalue weighted by molar-refractivity contribution is -0.385. The van der Waals surface area contributed by atoms with E-state index < -0.39 is 28.1 Å². The number of carbonyl (C=O) groups is 2. The Labute approximate surface area is 143 Å². The van der Waals surface area contributed by atoms with Gasteiger partial charge in [0.15, 0.2) is 0 Å². The van der Waals surface area contributed by atoms with E-state index in [-0.39, 0.29) is 11.6 Å². The van der Waals surface area contributed by atoms with Gasteiger partial charge in [0.25, 0.3) is 11.6 Å². The van der Waals surface area contributed by atoms with Crippen molar-refractivity contribution in [3.63, 3.8) is 0 Å². The van der Waals surface area contributed by atoms with Gasteiger partial charge in [-0.1, -0.05) is 24.3 Å². The van der Waals surface area contributed by atoms with E-state index in [1.54, 1.807) is 6.07 Å². The lowest BCUT2D eigenvalue weighted by atomic mass is 9.94.